The van der Waals surface area contributed by atoms with Crippen molar-refractivity contribution in [3.8, 4) is 6.01 Å². The largest absolute Gasteiger partial charge is 0.461 e. The summed E-state index contributed by atoms with van der Waals surface area (Å²) < 4.78 is 6.70. The molecule has 2 N–H and O–H groups in total. The Morgan fingerprint density at radius 3 is 2.62 bits per heavy atom. The molecule has 2 rings (SSSR count). The molecule has 0 saturated heterocycles. The average molecular weight is 399 g/mol. The monoisotopic (exact) mass is 399 g/mol. The van der Waals surface area contributed by atoms with Gasteiger partial charge in [-0.25, -0.2) is 0 Å². The van der Waals surface area contributed by atoms with E-state index >= 15 is 0 Å². The number of aromatic nitrogens is 3. The third-order valence-corrected chi connectivity index (χ3v) is 3.04. The van der Waals surface area contributed by atoms with E-state index < -0.39 is 0 Å². The molecule has 2 aromatic rings. The maximum absolute atomic E-state index is 5.56. The van der Waals surface area contributed by atoms with Gasteiger partial charge in [-0.1, -0.05) is 6.07 Å². The third-order valence-electron chi connectivity index (χ3n) is 2.37. The van der Waals surface area contributed by atoms with Gasteiger partial charge in [0.15, 0.2) is 0 Å². The fourth-order valence-electron chi connectivity index (χ4n) is 1.61. The molecule has 1 heterocycles. The summed E-state index contributed by atoms with van der Waals surface area (Å²) in [5, 5.41) is 6.25. The Hall–Kier alpha value is -1.64. The topological polar surface area (TPSA) is 72.0 Å². The van der Waals surface area contributed by atoms with Crippen LogP contribution in [-0.4, -0.2) is 27.6 Å². The van der Waals surface area contributed by atoms with E-state index in [0.29, 0.717) is 17.9 Å². The lowest BCUT2D eigenvalue weighted by atomic mass is 10.3. The summed E-state index contributed by atoms with van der Waals surface area (Å²) in [7, 11) is 0. The summed E-state index contributed by atoms with van der Waals surface area (Å²) in [4.78, 5) is 12.8. The van der Waals surface area contributed by atoms with Gasteiger partial charge in [-0.3, -0.25) is 0 Å². The Balaban J connectivity index is 2.26. The standard InChI is InChI=1S/C14H18IN5O/c1-4-16-12-18-13(20-14(19-12)21-9(2)3)17-11-7-5-6-10(15)8-11/h5-9H,4H2,1-3H3,(H2,16,17,18,19,20). The van der Waals surface area contributed by atoms with Crippen molar-refractivity contribution in [1.82, 2.24) is 15.0 Å². The van der Waals surface area contributed by atoms with E-state index in [1.54, 1.807) is 0 Å². The molecule has 6 nitrogen and oxygen atoms in total. The molecule has 0 fully saturated rings. The number of ether oxygens (including phenoxy) is 1. The average Bonchev–Trinajstić information content (AvgIpc) is 2.37. The van der Waals surface area contributed by atoms with Crippen LogP contribution in [0.25, 0.3) is 0 Å². The molecular weight excluding hydrogens is 381 g/mol. The van der Waals surface area contributed by atoms with Crippen LogP contribution in [-0.2, 0) is 0 Å². The van der Waals surface area contributed by atoms with Crippen molar-refractivity contribution >= 4 is 40.2 Å². The molecule has 0 radical (unpaired) electrons. The van der Waals surface area contributed by atoms with Gasteiger partial charge in [0.1, 0.15) is 0 Å². The molecule has 21 heavy (non-hydrogen) atoms. The lowest BCUT2D eigenvalue weighted by Crippen LogP contribution is -2.12. The molecule has 0 aliphatic carbocycles. The summed E-state index contributed by atoms with van der Waals surface area (Å²) in [6.45, 7) is 6.58. The molecule has 0 unspecified atom stereocenters. The molecule has 1 aromatic heterocycles. The molecule has 0 atom stereocenters. The fraction of sp³-hybridized carbons (Fsp3) is 0.357. The molecule has 0 bridgehead atoms. The highest BCUT2D eigenvalue weighted by molar-refractivity contribution is 14.1. The minimum absolute atomic E-state index is 0.00685. The number of rotatable bonds is 6. The van der Waals surface area contributed by atoms with Crippen LogP contribution in [0.1, 0.15) is 20.8 Å². The lowest BCUT2D eigenvalue weighted by molar-refractivity contribution is 0.222. The first-order chi connectivity index (χ1) is 10.1. The van der Waals surface area contributed by atoms with E-state index in [4.69, 9.17) is 4.74 Å². The van der Waals surface area contributed by atoms with Gasteiger partial charge in [-0.15, -0.1) is 0 Å². The highest BCUT2D eigenvalue weighted by atomic mass is 127. The molecule has 1 aromatic carbocycles. The number of hydrogen-bond acceptors (Lipinski definition) is 6. The van der Waals surface area contributed by atoms with E-state index in [1.807, 2.05) is 45.0 Å². The molecule has 0 aliphatic rings. The van der Waals surface area contributed by atoms with Crippen LogP contribution in [0, 0.1) is 3.57 Å². The molecule has 7 heteroatoms. The van der Waals surface area contributed by atoms with Crippen molar-refractivity contribution in [3.63, 3.8) is 0 Å². The minimum atomic E-state index is 0.00685. The van der Waals surface area contributed by atoms with Crippen molar-refractivity contribution in [2.45, 2.75) is 26.9 Å². The predicted octanol–water partition coefficient (Wildman–Crippen LogP) is 3.44. The summed E-state index contributed by atoms with van der Waals surface area (Å²) in [6, 6.07) is 8.28. The van der Waals surface area contributed by atoms with Gasteiger partial charge in [-0.05, 0) is 61.6 Å². The second-order valence-corrected chi connectivity index (χ2v) is 5.84. The van der Waals surface area contributed by atoms with Crippen molar-refractivity contribution in [1.29, 1.82) is 0 Å². The van der Waals surface area contributed by atoms with Gasteiger partial charge in [-0.2, -0.15) is 15.0 Å². The van der Waals surface area contributed by atoms with E-state index in [2.05, 4.69) is 48.2 Å². The quantitative estimate of drug-likeness (QED) is 0.726. The van der Waals surface area contributed by atoms with E-state index in [0.717, 1.165) is 15.8 Å². The highest BCUT2D eigenvalue weighted by Gasteiger charge is 2.09. The Kier molecular flexibility index (Phi) is 5.54. The van der Waals surface area contributed by atoms with Crippen molar-refractivity contribution in [2.24, 2.45) is 0 Å². The van der Waals surface area contributed by atoms with Crippen molar-refractivity contribution in [3.05, 3.63) is 27.8 Å². The van der Waals surface area contributed by atoms with Gasteiger partial charge in [0.25, 0.3) is 0 Å². The van der Waals surface area contributed by atoms with Crippen molar-refractivity contribution < 1.29 is 4.74 Å². The first kappa shape index (κ1) is 15.7. The van der Waals surface area contributed by atoms with Crippen molar-refractivity contribution in [2.75, 3.05) is 17.2 Å². The van der Waals surface area contributed by atoms with Crippen LogP contribution < -0.4 is 15.4 Å². The Labute approximate surface area is 137 Å². The van der Waals surface area contributed by atoms with Crippen LogP contribution in [0.15, 0.2) is 24.3 Å². The zero-order valence-electron chi connectivity index (χ0n) is 12.2. The molecule has 0 spiro atoms. The first-order valence-electron chi connectivity index (χ1n) is 6.76. The summed E-state index contributed by atoms with van der Waals surface area (Å²) >= 11 is 2.26. The maximum atomic E-state index is 5.56. The SMILES string of the molecule is CCNc1nc(Nc2cccc(I)c2)nc(OC(C)C)n1. The van der Waals surface area contributed by atoms with Gasteiger partial charge in [0.2, 0.25) is 11.9 Å². The third kappa shape index (κ3) is 5.00. The fourth-order valence-corrected chi connectivity index (χ4v) is 2.15. The summed E-state index contributed by atoms with van der Waals surface area (Å²) in [5.41, 5.74) is 0.922. The number of nitrogens with one attached hydrogen (secondary N) is 2. The highest BCUT2D eigenvalue weighted by Crippen LogP contribution is 2.19. The lowest BCUT2D eigenvalue weighted by Gasteiger charge is -2.11. The van der Waals surface area contributed by atoms with Crippen LogP contribution in [0.2, 0.25) is 0 Å². The van der Waals surface area contributed by atoms with Crippen LogP contribution in [0.3, 0.4) is 0 Å². The number of hydrogen-bond donors (Lipinski definition) is 2. The Morgan fingerprint density at radius 2 is 1.95 bits per heavy atom. The zero-order valence-corrected chi connectivity index (χ0v) is 14.4. The maximum Gasteiger partial charge on any atom is 0.323 e. The summed E-state index contributed by atoms with van der Waals surface area (Å²) in [6.07, 6.45) is 0.00685. The molecule has 0 aliphatic heterocycles. The van der Waals surface area contributed by atoms with Crippen LogP contribution in [0.4, 0.5) is 17.6 Å². The number of anilines is 3. The van der Waals surface area contributed by atoms with Gasteiger partial charge >= 0.3 is 6.01 Å². The smallest absolute Gasteiger partial charge is 0.323 e. The van der Waals surface area contributed by atoms with Gasteiger partial charge in [0, 0.05) is 15.8 Å². The number of benzene rings is 1. The van der Waals surface area contributed by atoms with Gasteiger partial charge in [0.05, 0.1) is 6.10 Å². The van der Waals surface area contributed by atoms with E-state index in [1.165, 1.54) is 0 Å². The number of halogens is 1. The number of nitrogens with zero attached hydrogens (tertiary/aromatic N) is 3. The molecular formula is C14H18IN5O. The molecule has 0 saturated carbocycles. The van der Waals surface area contributed by atoms with Crippen LogP contribution in [0.5, 0.6) is 6.01 Å². The van der Waals surface area contributed by atoms with Gasteiger partial charge < -0.3 is 15.4 Å². The second kappa shape index (κ2) is 7.39. The Morgan fingerprint density at radius 1 is 1.19 bits per heavy atom. The predicted molar refractivity (Wildman–Crippen MR) is 92.2 cm³/mol. The molecule has 112 valence electrons. The normalized spacial score (nSPS) is 10.5. The molecule has 0 amide bonds. The summed E-state index contributed by atoms with van der Waals surface area (Å²) in [5.74, 6) is 0.954. The van der Waals surface area contributed by atoms with E-state index in [-0.39, 0.29) is 6.10 Å². The Bertz CT molecular complexity index is 606. The zero-order chi connectivity index (χ0) is 15.2. The first-order valence-corrected chi connectivity index (χ1v) is 7.84. The second-order valence-electron chi connectivity index (χ2n) is 4.60. The van der Waals surface area contributed by atoms with E-state index in [9.17, 15) is 0 Å². The van der Waals surface area contributed by atoms with Crippen LogP contribution >= 0.6 is 22.6 Å². The minimum Gasteiger partial charge on any atom is -0.461 e.